The van der Waals surface area contributed by atoms with Gasteiger partial charge < -0.3 is 20.2 Å². The first-order valence-corrected chi connectivity index (χ1v) is 13.7. The lowest BCUT2D eigenvalue weighted by molar-refractivity contribution is -0.192. The average molecular weight is 597 g/mol. The second-order valence-corrected chi connectivity index (χ2v) is 10.6. The number of piperazine rings is 1. The van der Waals surface area contributed by atoms with E-state index in [1.165, 1.54) is 24.3 Å². The Balaban J connectivity index is 0.000000587. The van der Waals surface area contributed by atoms with Crippen LogP contribution in [-0.2, 0) is 21.4 Å². The Bertz CT molecular complexity index is 1460. The molecule has 3 aromatic carbocycles. The molecule has 0 aromatic heterocycles. The Kier molecular flexibility index (Phi) is 10.3. The van der Waals surface area contributed by atoms with Gasteiger partial charge in [0, 0.05) is 45.3 Å². The molecule has 0 bridgehead atoms. The Morgan fingerprint density at radius 2 is 1.59 bits per heavy atom. The minimum absolute atomic E-state index is 0.240. The number of carboxylic acid groups (broad SMARTS) is 1. The molecular weight excluding hydrogens is 568 g/mol. The maximum atomic E-state index is 14.3. The highest BCUT2D eigenvalue weighted by Crippen LogP contribution is 2.31. The third-order valence-corrected chi connectivity index (χ3v) is 7.32. The third kappa shape index (κ3) is 8.66. The van der Waals surface area contributed by atoms with Crippen LogP contribution in [0.25, 0.3) is 0 Å². The topological polar surface area (TPSA) is 119 Å². The first-order chi connectivity index (χ1) is 19.3. The molecule has 9 nitrogen and oxygen atoms in total. The van der Waals surface area contributed by atoms with Gasteiger partial charge in [-0.2, -0.15) is 13.2 Å². The minimum Gasteiger partial charge on any atom is -0.475 e. The van der Waals surface area contributed by atoms with E-state index in [-0.39, 0.29) is 11.6 Å². The Morgan fingerprint density at radius 3 is 2.17 bits per heavy atom. The molecule has 3 aromatic rings. The number of carbonyl (C=O) groups excluding carboxylic acids is 1. The number of hydrogen-bond acceptors (Lipinski definition) is 6. The summed E-state index contributed by atoms with van der Waals surface area (Å²) in [4.78, 5) is 25.2. The number of halogens is 4. The lowest BCUT2D eigenvalue weighted by Gasteiger charge is -2.31. The van der Waals surface area contributed by atoms with E-state index in [9.17, 15) is 30.8 Å². The van der Waals surface area contributed by atoms with Crippen molar-refractivity contribution in [3.05, 3.63) is 89.7 Å². The van der Waals surface area contributed by atoms with Crippen molar-refractivity contribution in [1.82, 2.24) is 10.2 Å². The lowest BCUT2D eigenvalue weighted by atomic mass is 10.1. The molecule has 14 heteroatoms. The summed E-state index contributed by atoms with van der Waals surface area (Å²) < 4.78 is 74.6. The second kappa shape index (κ2) is 13.5. The van der Waals surface area contributed by atoms with E-state index in [4.69, 9.17) is 9.90 Å². The number of nitrogens with zero attached hydrogens (tertiary/aromatic N) is 2. The Labute approximate surface area is 234 Å². The molecule has 220 valence electrons. The number of anilines is 2. The molecule has 0 atom stereocenters. The van der Waals surface area contributed by atoms with Crippen molar-refractivity contribution in [2.24, 2.45) is 0 Å². The van der Waals surface area contributed by atoms with Crippen LogP contribution in [0.3, 0.4) is 0 Å². The number of hydrogen-bond donors (Lipinski definition) is 3. The molecule has 0 aliphatic carbocycles. The number of amides is 1. The number of rotatable bonds is 7. The van der Waals surface area contributed by atoms with Crippen LogP contribution < -0.4 is 14.9 Å². The zero-order valence-electron chi connectivity index (χ0n) is 21.9. The fourth-order valence-electron chi connectivity index (χ4n) is 3.94. The number of sulfonamides is 1. The standard InChI is InChI=1S/C25H27FN4O3S.C2HF3O2/c1-29(18-19-7-3-2-4-8-19)25(31)20-11-12-23(30-15-13-27-14-16-30)22(17-20)28-34(32,33)24-10-6-5-9-21(24)26;3-2(4,5)1(6)7/h2-12,17,27-28H,13-16,18H2,1H3;(H,6,7). The van der Waals surface area contributed by atoms with Crippen molar-refractivity contribution >= 4 is 33.3 Å². The number of benzene rings is 3. The summed E-state index contributed by atoms with van der Waals surface area (Å²) in [5.41, 5.74) is 2.20. The van der Waals surface area contributed by atoms with Crippen molar-refractivity contribution in [1.29, 1.82) is 0 Å². The van der Waals surface area contributed by atoms with Crippen LogP contribution in [0.2, 0.25) is 0 Å². The fraction of sp³-hybridized carbons (Fsp3) is 0.259. The molecule has 0 unspecified atom stereocenters. The van der Waals surface area contributed by atoms with Gasteiger partial charge in [0.15, 0.2) is 0 Å². The monoisotopic (exact) mass is 596 g/mol. The zero-order valence-corrected chi connectivity index (χ0v) is 22.7. The van der Waals surface area contributed by atoms with E-state index in [0.29, 0.717) is 30.9 Å². The summed E-state index contributed by atoms with van der Waals surface area (Å²) in [5, 5.41) is 10.4. The highest BCUT2D eigenvalue weighted by atomic mass is 32.2. The van der Waals surface area contributed by atoms with Crippen LogP contribution >= 0.6 is 0 Å². The summed E-state index contributed by atoms with van der Waals surface area (Å²) in [6.45, 7) is 3.26. The number of alkyl halides is 3. The first-order valence-electron chi connectivity index (χ1n) is 12.3. The number of aliphatic carboxylic acids is 1. The molecule has 1 amide bonds. The average Bonchev–Trinajstić information content (AvgIpc) is 2.93. The van der Waals surface area contributed by atoms with Crippen molar-refractivity contribution in [2.45, 2.75) is 17.6 Å². The van der Waals surface area contributed by atoms with E-state index in [1.54, 1.807) is 24.1 Å². The SMILES string of the molecule is CN(Cc1ccccc1)C(=O)c1ccc(N2CCNCC2)c(NS(=O)(=O)c2ccccc2F)c1.O=C(O)C(F)(F)F. The summed E-state index contributed by atoms with van der Waals surface area (Å²) in [7, 11) is -2.51. The zero-order chi connectivity index (χ0) is 30.2. The van der Waals surface area contributed by atoms with Crippen molar-refractivity contribution < 1.29 is 40.7 Å². The van der Waals surface area contributed by atoms with Crippen LogP contribution in [-0.4, -0.2) is 69.7 Å². The fourth-order valence-corrected chi connectivity index (χ4v) is 5.09. The summed E-state index contributed by atoms with van der Waals surface area (Å²) >= 11 is 0. The summed E-state index contributed by atoms with van der Waals surface area (Å²) in [6, 6.07) is 19.8. The van der Waals surface area contributed by atoms with Gasteiger partial charge in [0.1, 0.15) is 10.7 Å². The predicted molar refractivity (Wildman–Crippen MR) is 145 cm³/mol. The van der Waals surface area contributed by atoms with Gasteiger partial charge >= 0.3 is 12.1 Å². The number of carbonyl (C=O) groups is 2. The van der Waals surface area contributed by atoms with E-state index in [2.05, 4.69) is 10.0 Å². The highest BCUT2D eigenvalue weighted by Gasteiger charge is 2.38. The highest BCUT2D eigenvalue weighted by molar-refractivity contribution is 7.92. The Hall–Kier alpha value is -4.17. The van der Waals surface area contributed by atoms with Crippen molar-refractivity contribution in [2.75, 3.05) is 42.8 Å². The van der Waals surface area contributed by atoms with Gasteiger partial charge in [-0.3, -0.25) is 9.52 Å². The van der Waals surface area contributed by atoms with Crippen LogP contribution in [0.15, 0.2) is 77.7 Å². The third-order valence-electron chi connectivity index (χ3n) is 5.92. The van der Waals surface area contributed by atoms with Gasteiger partial charge in [-0.25, -0.2) is 17.6 Å². The van der Waals surface area contributed by atoms with Gasteiger partial charge in [0.2, 0.25) is 0 Å². The summed E-state index contributed by atoms with van der Waals surface area (Å²) in [6.07, 6.45) is -5.08. The Morgan fingerprint density at radius 1 is 1.00 bits per heavy atom. The van der Waals surface area contributed by atoms with Crippen LogP contribution in [0, 0.1) is 5.82 Å². The van der Waals surface area contributed by atoms with Gasteiger partial charge in [-0.15, -0.1) is 0 Å². The van der Waals surface area contributed by atoms with Gasteiger partial charge in [0.05, 0.1) is 11.4 Å². The number of carboxylic acids is 1. The molecule has 1 heterocycles. The van der Waals surface area contributed by atoms with E-state index >= 15 is 0 Å². The molecule has 0 spiro atoms. The van der Waals surface area contributed by atoms with Gasteiger partial charge in [-0.1, -0.05) is 42.5 Å². The molecule has 1 saturated heterocycles. The molecule has 1 aliphatic heterocycles. The van der Waals surface area contributed by atoms with Crippen molar-refractivity contribution in [3.63, 3.8) is 0 Å². The molecule has 4 rings (SSSR count). The molecule has 1 aliphatic rings. The van der Waals surface area contributed by atoms with E-state index in [0.717, 1.165) is 24.7 Å². The molecule has 0 saturated carbocycles. The van der Waals surface area contributed by atoms with Crippen LogP contribution in [0.4, 0.5) is 28.9 Å². The quantitative estimate of drug-likeness (QED) is 0.354. The molecule has 1 fully saturated rings. The van der Waals surface area contributed by atoms with Gasteiger partial charge in [0.25, 0.3) is 15.9 Å². The predicted octanol–water partition coefficient (Wildman–Crippen LogP) is 3.94. The number of nitrogens with one attached hydrogen (secondary N) is 2. The van der Waals surface area contributed by atoms with Crippen LogP contribution in [0.5, 0.6) is 0 Å². The van der Waals surface area contributed by atoms with Crippen LogP contribution in [0.1, 0.15) is 15.9 Å². The largest absolute Gasteiger partial charge is 0.490 e. The maximum absolute atomic E-state index is 14.3. The molecule has 41 heavy (non-hydrogen) atoms. The second-order valence-electron chi connectivity index (χ2n) is 8.95. The maximum Gasteiger partial charge on any atom is 0.490 e. The molecular formula is C27H28F4N4O5S. The normalized spacial score (nSPS) is 13.5. The van der Waals surface area contributed by atoms with Crippen molar-refractivity contribution in [3.8, 4) is 0 Å². The minimum atomic E-state index is -5.08. The van der Waals surface area contributed by atoms with E-state index in [1.807, 2.05) is 35.2 Å². The lowest BCUT2D eigenvalue weighted by Crippen LogP contribution is -2.43. The first kappa shape index (κ1) is 31.4. The summed E-state index contributed by atoms with van der Waals surface area (Å²) in [5.74, 6) is -3.84. The molecule has 0 radical (unpaired) electrons. The smallest absolute Gasteiger partial charge is 0.475 e. The molecule has 3 N–H and O–H groups in total. The van der Waals surface area contributed by atoms with E-state index < -0.39 is 32.9 Å². The van der Waals surface area contributed by atoms with Gasteiger partial charge in [-0.05, 0) is 35.9 Å².